The summed E-state index contributed by atoms with van der Waals surface area (Å²) in [6, 6.07) is 0. The van der Waals surface area contributed by atoms with Gasteiger partial charge in [-0.05, 0) is 20.3 Å². The Morgan fingerprint density at radius 3 is 2.81 bits per heavy atom. The molecule has 4 nitrogen and oxygen atoms in total. The van der Waals surface area contributed by atoms with E-state index in [4.69, 9.17) is 4.52 Å². The number of thioether (sulfide) groups is 1. The minimum Gasteiger partial charge on any atom is -0.365 e. The van der Waals surface area contributed by atoms with Crippen LogP contribution in [0.4, 0.5) is 0 Å². The Bertz CT molecular complexity index is 359. The second-order valence-corrected chi connectivity index (χ2v) is 4.52. The first-order chi connectivity index (χ1) is 7.27. The summed E-state index contributed by atoms with van der Waals surface area (Å²) < 4.78 is 5.11. The van der Waals surface area contributed by atoms with E-state index in [1.54, 1.807) is 11.8 Å². The largest absolute Gasteiger partial charge is 0.365 e. The Labute approximate surface area is 106 Å². The molecule has 2 rings (SSSR count). The number of aliphatic imine (C=N–C) groups is 1. The summed E-state index contributed by atoms with van der Waals surface area (Å²) in [5, 5.41) is 8.26. The molecular weight excluding hydrogens is 246 g/mol. The molecule has 1 aromatic heterocycles. The molecule has 0 unspecified atom stereocenters. The van der Waals surface area contributed by atoms with Gasteiger partial charge in [0.15, 0.2) is 5.17 Å². The fourth-order valence-corrected chi connectivity index (χ4v) is 2.54. The Hall–Kier alpha value is -0.680. The van der Waals surface area contributed by atoms with Crippen molar-refractivity contribution in [2.45, 2.75) is 26.0 Å². The van der Waals surface area contributed by atoms with Gasteiger partial charge in [0.1, 0.15) is 5.76 Å². The molecule has 0 fully saturated rings. The Balaban J connectivity index is 0.00000128. The zero-order chi connectivity index (χ0) is 10.7. The van der Waals surface area contributed by atoms with Gasteiger partial charge < -0.3 is 9.84 Å². The number of aromatic nitrogens is 1. The number of aryl methyl sites for hydroxylation is 2. The summed E-state index contributed by atoms with van der Waals surface area (Å²) >= 11 is 1.72. The van der Waals surface area contributed by atoms with E-state index < -0.39 is 0 Å². The minimum atomic E-state index is 0. The number of amidine groups is 1. The lowest BCUT2D eigenvalue weighted by atomic mass is 10.2. The smallest absolute Gasteiger partial charge is 0.156 e. The van der Waals surface area contributed by atoms with E-state index in [2.05, 4.69) is 15.5 Å². The van der Waals surface area contributed by atoms with E-state index in [1.165, 1.54) is 5.56 Å². The second kappa shape index (κ2) is 6.15. The van der Waals surface area contributed by atoms with Crippen molar-refractivity contribution in [1.29, 1.82) is 0 Å². The molecule has 0 saturated carbocycles. The monoisotopic (exact) mass is 261 g/mol. The van der Waals surface area contributed by atoms with Crippen molar-refractivity contribution < 1.29 is 4.52 Å². The molecule has 0 spiro atoms. The Kier molecular flexibility index (Phi) is 5.15. The van der Waals surface area contributed by atoms with Crippen LogP contribution in [0.25, 0.3) is 0 Å². The van der Waals surface area contributed by atoms with Gasteiger partial charge in [0.25, 0.3) is 0 Å². The molecule has 0 aromatic carbocycles. The maximum Gasteiger partial charge on any atom is 0.156 e. The van der Waals surface area contributed by atoms with Crippen LogP contribution in [-0.4, -0.2) is 23.4 Å². The maximum atomic E-state index is 5.11. The molecule has 1 aliphatic rings. The van der Waals surface area contributed by atoms with Gasteiger partial charge in [-0.1, -0.05) is 16.9 Å². The molecule has 0 saturated heterocycles. The van der Waals surface area contributed by atoms with Gasteiger partial charge in [0, 0.05) is 24.4 Å². The Morgan fingerprint density at radius 1 is 1.44 bits per heavy atom. The molecule has 0 atom stereocenters. The topological polar surface area (TPSA) is 50.4 Å². The molecule has 1 aliphatic heterocycles. The highest BCUT2D eigenvalue weighted by atomic mass is 35.5. The summed E-state index contributed by atoms with van der Waals surface area (Å²) in [4.78, 5) is 4.41. The minimum absolute atomic E-state index is 0. The summed E-state index contributed by atoms with van der Waals surface area (Å²) in [5.74, 6) is 1.80. The maximum absolute atomic E-state index is 5.11. The van der Waals surface area contributed by atoms with Crippen LogP contribution in [0.2, 0.25) is 0 Å². The highest BCUT2D eigenvalue weighted by molar-refractivity contribution is 8.13. The van der Waals surface area contributed by atoms with Crippen molar-refractivity contribution in [1.82, 2.24) is 10.5 Å². The number of hydrogen-bond donors (Lipinski definition) is 1. The second-order valence-electron chi connectivity index (χ2n) is 3.56. The van der Waals surface area contributed by atoms with Crippen LogP contribution in [-0.2, 0) is 5.75 Å². The predicted molar refractivity (Wildman–Crippen MR) is 69.4 cm³/mol. The van der Waals surface area contributed by atoms with Gasteiger partial charge in [0.05, 0.1) is 5.69 Å². The molecule has 0 bridgehead atoms. The van der Waals surface area contributed by atoms with Crippen LogP contribution in [0.1, 0.15) is 23.4 Å². The van der Waals surface area contributed by atoms with Gasteiger partial charge in [-0.2, -0.15) is 0 Å². The zero-order valence-electron chi connectivity index (χ0n) is 9.45. The third-order valence-corrected chi connectivity index (χ3v) is 3.38. The van der Waals surface area contributed by atoms with Crippen LogP contribution in [0, 0.1) is 13.8 Å². The fraction of sp³-hybridized carbons (Fsp3) is 0.600. The average Bonchev–Trinajstić information content (AvgIpc) is 2.58. The van der Waals surface area contributed by atoms with Gasteiger partial charge in [-0.3, -0.25) is 4.99 Å². The molecule has 1 aromatic rings. The van der Waals surface area contributed by atoms with Crippen molar-refractivity contribution in [3.8, 4) is 0 Å². The third-order valence-electron chi connectivity index (χ3n) is 2.40. The third kappa shape index (κ3) is 3.15. The molecule has 2 heterocycles. The molecule has 16 heavy (non-hydrogen) atoms. The van der Waals surface area contributed by atoms with Crippen LogP contribution in [0.15, 0.2) is 9.52 Å². The van der Waals surface area contributed by atoms with E-state index in [-0.39, 0.29) is 12.4 Å². The van der Waals surface area contributed by atoms with Gasteiger partial charge in [-0.15, -0.1) is 12.4 Å². The van der Waals surface area contributed by atoms with Crippen LogP contribution in [0.3, 0.4) is 0 Å². The summed E-state index contributed by atoms with van der Waals surface area (Å²) in [5.41, 5.74) is 2.17. The molecule has 0 amide bonds. The zero-order valence-corrected chi connectivity index (χ0v) is 11.1. The fourth-order valence-electron chi connectivity index (χ4n) is 1.46. The van der Waals surface area contributed by atoms with Crippen molar-refractivity contribution in [2.75, 3.05) is 13.1 Å². The van der Waals surface area contributed by atoms with Crippen LogP contribution >= 0.6 is 24.2 Å². The summed E-state index contributed by atoms with van der Waals surface area (Å²) in [6.45, 7) is 5.90. The normalized spacial score (nSPS) is 15.0. The Morgan fingerprint density at radius 2 is 2.25 bits per heavy atom. The SMILES string of the molecule is Cc1noc(C)c1CSC1=NCCCN1.Cl. The molecular formula is C10H16ClN3OS. The standard InChI is InChI=1S/C10H15N3OS.ClH/c1-7-9(8(2)14-13-7)6-15-10-11-4-3-5-12-10;/h3-6H2,1-2H3,(H,11,12);1H. The molecule has 0 aliphatic carbocycles. The lowest BCUT2D eigenvalue weighted by Crippen LogP contribution is -2.26. The van der Waals surface area contributed by atoms with Gasteiger partial charge in [0.2, 0.25) is 0 Å². The van der Waals surface area contributed by atoms with Gasteiger partial charge in [-0.25, -0.2) is 0 Å². The highest BCUT2D eigenvalue weighted by Crippen LogP contribution is 2.20. The first-order valence-corrected chi connectivity index (χ1v) is 6.09. The predicted octanol–water partition coefficient (Wildman–Crippen LogP) is 2.30. The van der Waals surface area contributed by atoms with Gasteiger partial charge >= 0.3 is 0 Å². The number of hydrogen-bond acceptors (Lipinski definition) is 5. The first kappa shape index (κ1) is 13.4. The van der Waals surface area contributed by atoms with Crippen molar-refractivity contribution in [3.05, 3.63) is 17.0 Å². The van der Waals surface area contributed by atoms with E-state index in [0.29, 0.717) is 0 Å². The van der Waals surface area contributed by atoms with E-state index >= 15 is 0 Å². The molecule has 90 valence electrons. The van der Waals surface area contributed by atoms with E-state index in [1.807, 2.05) is 13.8 Å². The van der Waals surface area contributed by atoms with Crippen LogP contribution < -0.4 is 5.32 Å². The molecule has 1 N–H and O–H groups in total. The summed E-state index contributed by atoms with van der Waals surface area (Å²) in [6.07, 6.45) is 1.13. The van der Waals surface area contributed by atoms with Crippen molar-refractivity contribution >= 4 is 29.3 Å². The van der Waals surface area contributed by atoms with E-state index in [0.717, 1.165) is 41.9 Å². The molecule has 0 radical (unpaired) electrons. The average molecular weight is 262 g/mol. The molecule has 6 heteroatoms. The van der Waals surface area contributed by atoms with E-state index in [9.17, 15) is 0 Å². The summed E-state index contributed by atoms with van der Waals surface area (Å²) in [7, 11) is 0. The number of halogens is 1. The number of nitrogens with zero attached hydrogens (tertiary/aromatic N) is 2. The lowest BCUT2D eigenvalue weighted by Gasteiger charge is -2.13. The van der Waals surface area contributed by atoms with Crippen LogP contribution in [0.5, 0.6) is 0 Å². The quantitative estimate of drug-likeness (QED) is 0.888. The van der Waals surface area contributed by atoms with Crippen molar-refractivity contribution in [2.24, 2.45) is 4.99 Å². The highest BCUT2D eigenvalue weighted by Gasteiger charge is 2.11. The number of nitrogens with one attached hydrogen (secondary N) is 1. The lowest BCUT2D eigenvalue weighted by molar-refractivity contribution is 0.392. The number of rotatable bonds is 2. The first-order valence-electron chi connectivity index (χ1n) is 5.10. The van der Waals surface area contributed by atoms with Crippen molar-refractivity contribution in [3.63, 3.8) is 0 Å².